The normalized spacial score (nSPS) is 10.7. The third-order valence-electron chi connectivity index (χ3n) is 2.14. The second kappa shape index (κ2) is 7.19. The maximum atomic E-state index is 11.7. The number of aromatic nitrogens is 2. The lowest BCUT2D eigenvalue weighted by atomic mass is 10.3. The van der Waals surface area contributed by atoms with Crippen molar-refractivity contribution in [2.75, 3.05) is 13.2 Å². The molecule has 2 N–H and O–H groups in total. The summed E-state index contributed by atoms with van der Waals surface area (Å²) in [4.78, 5) is 21.6. The first-order valence-corrected chi connectivity index (χ1v) is 6.50. The highest BCUT2D eigenvalue weighted by Gasteiger charge is 2.24. The molecule has 0 bridgehead atoms. The Bertz CT molecular complexity index is 460. The topological polar surface area (TPSA) is 110 Å². The number of nitro groups is 1. The summed E-state index contributed by atoms with van der Waals surface area (Å²) in [6.45, 7) is 4.82. The zero-order chi connectivity index (χ0) is 14.4. The predicted molar refractivity (Wildman–Crippen MR) is 71.0 cm³/mol. The van der Waals surface area contributed by atoms with Crippen molar-refractivity contribution in [1.29, 1.82) is 0 Å². The lowest BCUT2D eigenvalue weighted by Gasteiger charge is -2.07. The van der Waals surface area contributed by atoms with Gasteiger partial charge in [0.1, 0.15) is 4.47 Å². The van der Waals surface area contributed by atoms with Gasteiger partial charge in [0.2, 0.25) is 0 Å². The minimum absolute atomic E-state index is 0.0310. The van der Waals surface area contributed by atoms with E-state index in [1.165, 1.54) is 0 Å². The lowest BCUT2D eigenvalue weighted by Crippen LogP contribution is -2.26. The Hall–Kier alpha value is -1.48. The van der Waals surface area contributed by atoms with Crippen LogP contribution in [-0.4, -0.2) is 40.3 Å². The quantitative estimate of drug-likeness (QED) is 0.447. The maximum Gasteiger partial charge on any atom is 0.357 e. The molecule has 0 fully saturated rings. The summed E-state index contributed by atoms with van der Waals surface area (Å²) < 4.78 is 5.37. The second-order valence-electron chi connectivity index (χ2n) is 4.02. The Balaban J connectivity index is 2.44. The molecule has 0 aromatic carbocycles. The summed E-state index contributed by atoms with van der Waals surface area (Å²) in [6.07, 6.45) is 0.812. The van der Waals surface area contributed by atoms with Gasteiger partial charge in [-0.05, 0) is 41.1 Å². The van der Waals surface area contributed by atoms with E-state index in [1.807, 2.05) is 13.8 Å². The van der Waals surface area contributed by atoms with Gasteiger partial charge >= 0.3 is 5.82 Å². The maximum absolute atomic E-state index is 11.7. The largest absolute Gasteiger partial charge is 0.379 e. The van der Waals surface area contributed by atoms with Gasteiger partial charge in [0.25, 0.3) is 5.91 Å². The summed E-state index contributed by atoms with van der Waals surface area (Å²) >= 11 is 2.97. The number of hydrogen-bond acceptors (Lipinski definition) is 5. The number of rotatable bonds is 7. The van der Waals surface area contributed by atoms with Crippen molar-refractivity contribution >= 4 is 27.7 Å². The fourth-order valence-electron chi connectivity index (χ4n) is 1.27. The molecule has 8 nitrogen and oxygen atoms in total. The van der Waals surface area contributed by atoms with Gasteiger partial charge in [0, 0.05) is 13.2 Å². The van der Waals surface area contributed by atoms with Crippen LogP contribution in [0.15, 0.2) is 4.47 Å². The van der Waals surface area contributed by atoms with Gasteiger partial charge in [0.05, 0.1) is 6.10 Å². The Morgan fingerprint density at radius 3 is 2.84 bits per heavy atom. The first-order valence-electron chi connectivity index (χ1n) is 5.71. The Morgan fingerprint density at radius 1 is 1.63 bits per heavy atom. The van der Waals surface area contributed by atoms with Crippen LogP contribution >= 0.6 is 15.9 Å². The third kappa shape index (κ3) is 4.60. The first-order chi connectivity index (χ1) is 8.93. The number of hydrogen-bond donors (Lipinski definition) is 2. The number of ether oxygens (including phenoxy) is 1. The van der Waals surface area contributed by atoms with Crippen LogP contribution in [0.5, 0.6) is 0 Å². The number of halogens is 1. The van der Waals surface area contributed by atoms with Gasteiger partial charge < -0.3 is 20.2 Å². The Kier molecular flexibility index (Phi) is 5.90. The fraction of sp³-hybridized carbons (Fsp3) is 0.600. The number of H-pyrrole nitrogens is 1. The molecule has 1 rings (SSSR count). The molecule has 0 unspecified atom stereocenters. The zero-order valence-corrected chi connectivity index (χ0v) is 12.2. The van der Waals surface area contributed by atoms with E-state index >= 15 is 0 Å². The molecule has 0 radical (unpaired) electrons. The zero-order valence-electron chi connectivity index (χ0n) is 10.6. The SMILES string of the molecule is CC(C)OCCCNC(=O)c1n[nH]c([N+](=O)[O-])c1Br. The standard InChI is InChI=1S/C10H15BrN4O4/c1-6(2)19-5-3-4-12-10(16)8-7(11)9(14-13-8)15(17)18/h6H,3-5H2,1-2H3,(H,12,16)(H,13,14). The average molecular weight is 335 g/mol. The van der Waals surface area contributed by atoms with Gasteiger partial charge in [-0.3, -0.25) is 4.79 Å². The van der Waals surface area contributed by atoms with Crippen molar-refractivity contribution in [3.05, 3.63) is 20.3 Å². The molecule has 9 heteroatoms. The molecule has 1 aromatic rings. The lowest BCUT2D eigenvalue weighted by molar-refractivity contribution is -0.390. The van der Waals surface area contributed by atoms with E-state index in [2.05, 4.69) is 31.4 Å². The average Bonchev–Trinajstić information content (AvgIpc) is 2.70. The molecule has 0 aliphatic rings. The highest BCUT2D eigenvalue weighted by Crippen LogP contribution is 2.25. The first kappa shape index (κ1) is 15.6. The van der Waals surface area contributed by atoms with Gasteiger partial charge in [-0.2, -0.15) is 0 Å². The molecular formula is C10H15BrN4O4. The number of carbonyl (C=O) groups is 1. The molecule has 106 valence electrons. The molecule has 0 atom stereocenters. The minimum atomic E-state index is -0.648. The Morgan fingerprint density at radius 2 is 2.32 bits per heavy atom. The summed E-state index contributed by atoms with van der Waals surface area (Å²) in [6, 6.07) is 0. The molecule has 1 aromatic heterocycles. The third-order valence-corrected chi connectivity index (χ3v) is 2.90. The minimum Gasteiger partial charge on any atom is -0.379 e. The van der Waals surface area contributed by atoms with Gasteiger partial charge in [-0.15, -0.1) is 5.10 Å². The fourth-order valence-corrected chi connectivity index (χ4v) is 1.77. The van der Waals surface area contributed by atoms with Crippen LogP contribution in [0.4, 0.5) is 5.82 Å². The molecule has 19 heavy (non-hydrogen) atoms. The monoisotopic (exact) mass is 334 g/mol. The highest BCUT2D eigenvalue weighted by molar-refractivity contribution is 9.10. The molecular weight excluding hydrogens is 320 g/mol. The van der Waals surface area contributed by atoms with Crippen molar-refractivity contribution in [2.24, 2.45) is 0 Å². The highest BCUT2D eigenvalue weighted by atomic mass is 79.9. The van der Waals surface area contributed by atoms with Crippen LogP contribution in [0, 0.1) is 10.1 Å². The van der Waals surface area contributed by atoms with Crippen molar-refractivity contribution in [3.63, 3.8) is 0 Å². The van der Waals surface area contributed by atoms with Crippen molar-refractivity contribution in [1.82, 2.24) is 15.5 Å². The molecule has 0 aliphatic heterocycles. The second-order valence-corrected chi connectivity index (χ2v) is 4.81. The van der Waals surface area contributed by atoms with E-state index in [9.17, 15) is 14.9 Å². The van der Waals surface area contributed by atoms with Crippen LogP contribution < -0.4 is 5.32 Å². The summed E-state index contributed by atoms with van der Waals surface area (Å²) in [7, 11) is 0. The van der Waals surface area contributed by atoms with Crippen LogP contribution in [0.3, 0.4) is 0 Å². The molecule has 0 saturated heterocycles. The van der Waals surface area contributed by atoms with Crippen molar-refractivity contribution in [2.45, 2.75) is 26.4 Å². The smallest absolute Gasteiger partial charge is 0.357 e. The summed E-state index contributed by atoms with van der Waals surface area (Å²) in [5, 5.41) is 19.0. The number of amides is 1. The van der Waals surface area contributed by atoms with Gasteiger partial charge in [-0.25, -0.2) is 0 Å². The van der Waals surface area contributed by atoms with E-state index in [-0.39, 0.29) is 22.1 Å². The number of aromatic amines is 1. The molecule has 1 amide bonds. The van der Waals surface area contributed by atoms with Crippen LogP contribution in [0.1, 0.15) is 30.8 Å². The van der Waals surface area contributed by atoms with Gasteiger partial charge in [-0.1, -0.05) is 5.10 Å². The molecule has 0 spiro atoms. The number of carbonyl (C=O) groups excluding carboxylic acids is 1. The predicted octanol–water partition coefficient (Wildman–Crippen LogP) is 1.63. The number of nitrogens with one attached hydrogen (secondary N) is 2. The molecule has 0 saturated carbocycles. The van der Waals surface area contributed by atoms with E-state index in [0.717, 1.165) is 0 Å². The number of nitrogens with zero attached hydrogens (tertiary/aromatic N) is 2. The summed E-state index contributed by atoms with van der Waals surface area (Å²) in [5.41, 5.74) is -0.0310. The molecule has 1 heterocycles. The van der Waals surface area contributed by atoms with E-state index in [1.54, 1.807) is 0 Å². The van der Waals surface area contributed by atoms with Crippen LogP contribution in [0.2, 0.25) is 0 Å². The van der Waals surface area contributed by atoms with Crippen molar-refractivity contribution in [3.8, 4) is 0 Å². The van der Waals surface area contributed by atoms with E-state index < -0.39 is 10.8 Å². The van der Waals surface area contributed by atoms with Crippen molar-refractivity contribution < 1.29 is 14.5 Å². The van der Waals surface area contributed by atoms with Crippen LogP contribution in [-0.2, 0) is 4.74 Å². The van der Waals surface area contributed by atoms with E-state index in [4.69, 9.17) is 4.74 Å². The Labute approximate surface area is 118 Å². The van der Waals surface area contributed by atoms with Gasteiger partial charge in [0.15, 0.2) is 5.69 Å². The van der Waals surface area contributed by atoms with E-state index in [0.29, 0.717) is 19.6 Å². The summed E-state index contributed by atoms with van der Waals surface area (Å²) in [5.74, 6) is -0.811. The molecule has 0 aliphatic carbocycles. The van der Waals surface area contributed by atoms with Crippen LogP contribution in [0.25, 0.3) is 0 Å².